The second-order valence-corrected chi connectivity index (χ2v) is 6.70. The van der Waals surface area contributed by atoms with Crippen molar-refractivity contribution in [1.29, 1.82) is 0 Å². The zero-order valence-corrected chi connectivity index (χ0v) is 14.8. The van der Waals surface area contributed by atoms with Crippen molar-refractivity contribution in [3.63, 3.8) is 0 Å². The van der Waals surface area contributed by atoms with E-state index < -0.39 is 0 Å². The van der Waals surface area contributed by atoms with Gasteiger partial charge in [-0.2, -0.15) is 0 Å². The number of nitrogens with zero attached hydrogens (tertiary/aromatic N) is 2. The minimum atomic E-state index is 0.00104. The summed E-state index contributed by atoms with van der Waals surface area (Å²) in [6.45, 7) is 0.717. The Bertz CT molecular complexity index is 911. The van der Waals surface area contributed by atoms with E-state index in [0.717, 1.165) is 33.3 Å². The molecule has 3 aromatic rings. The van der Waals surface area contributed by atoms with E-state index in [9.17, 15) is 4.79 Å². The third kappa shape index (κ3) is 3.83. The molecule has 4 rings (SSSR count). The molecule has 0 saturated heterocycles. The van der Waals surface area contributed by atoms with Gasteiger partial charge in [-0.15, -0.1) is 11.3 Å². The van der Waals surface area contributed by atoms with Gasteiger partial charge in [-0.1, -0.05) is 6.07 Å². The highest BCUT2D eigenvalue weighted by molar-refractivity contribution is 7.13. The van der Waals surface area contributed by atoms with Crippen LogP contribution in [0.25, 0.3) is 10.6 Å². The van der Waals surface area contributed by atoms with Crippen molar-refractivity contribution in [2.45, 2.75) is 19.4 Å². The number of fused-ring (bicyclic) bond motifs is 1. The normalized spacial score (nSPS) is 12.2. The van der Waals surface area contributed by atoms with Crippen LogP contribution in [0, 0.1) is 0 Å². The standard InChI is InChI=1S/C19H17N3O3S/c23-18(21-10-13-1-3-16-17(9-13)25-12-24-16)4-2-15-11-26-19(22-15)14-5-7-20-8-6-14/h1,3,5-9,11H,2,4,10,12H2,(H,21,23). The monoisotopic (exact) mass is 367 g/mol. The van der Waals surface area contributed by atoms with Gasteiger partial charge in [0.05, 0.1) is 5.69 Å². The van der Waals surface area contributed by atoms with Crippen LogP contribution in [-0.4, -0.2) is 22.7 Å². The second-order valence-electron chi connectivity index (χ2n) is 5.84. The summed E-state index contributed by atoms with van der Waals surface area (Å²) >= 11 is 1.58. The van der Waals surface area contributed by atoms with E-state index in [1.54, 1.807) is 23.7 Å². The Kier molecular flexibility index (Phi) is 4.79. The predicted molar refractivity (Wildman–Crippen MR) is 98.1 cm³/mol. The predicted octanol–water partition coefficient (Wildman–Crippen LogP) is 3.18. The number of thiazole rings is 1. The lowest BCUT2D eigenvalue weighted by atomic mass is 10.2. The van der Waals surface area contributed by atoms with Crippen molar-refractivity contribution in [3.05, 3.63) is 59.4 Å². The average molecular weight is 367 g/mol. The summed E-state index contributed by atoms with van der Waals surface area (Å²) in [5, 5.41) is 5.88. The SMILES string of the molecule is O=C(CCc1csc(-c2ccncc2)n1)NCc1ccc2c(c1)OCO2. The van der Waals surface area contributed by atoms with E-state index in [4.69, 9.17) is 9.47 Å². The van der Waals surface area contributed by atoms with E-state index in [0.29, 0.717) is 19.4 Å². The maximum absolute atomic E-state index is 12.1. The molecular weight excluding hydrogens is 350 g/mol. The molecular formula is C19H17N3O3S. The number of benzene rings is 1. The maximum atomic E-state index is 12.1. The lowest BCUT2D eigenvalue weighted by molar-refractivity contribution is -0.121. The molecule has 1 aromatic carbocycles. The molecule has 3 heterocycles. The number of amides is 1. The highest BCUT2D eigenvalue weighted by Gasteiger charge is 2.13. The maximum Gasteiger partial charge on any atom is 0.231 e. The van der Waals surface area contributed by atoms with E-state index >= 15 is 0 Å². The van der Waals surface area contributed by atoms with Crippen LogP contribution in [0.15, 0.2) is 48.1 Å². The Labute approximate surface area is 154 Å². The molecule has 1 amide bonds. The van der Waals surface area contributed by atoms with Crippen LogP contribution in [0.3, 0.4) is 0 Å². The Morgan fingerprint density at radius 2 is 2.00 bits per heavy atom. The molecule has 1 aliphatic heterocycles. The number of carbonyl (C=O) groups excluding carboxylic acids is 1. The number of hydrogen-bond acceptors (Lipinski definition) is 6. The number of carbonyl (C=O) groups is 1. The van der Waals surface area contributed by atoms with Gasteiger partial charge in [-0.25, -0.2) is 4.98 Å². The average Bonchev–Trinajstić information content (AvgIpc) is 3.34. The van der Waals surface area contributed by atoms with Crippen LogP contribution in [0.5, 0.6) is 11.5 Å². The molecule has 6 nitrogen and oxygen atoms in total. The minimum Gasteiger partial charge on any atom is -0.454 e. The van der Waals surface area contributed by atoms with Crippen LogP contribution < -0.4 is 14.8 Å². The molecule has 26 heavy (non-hydrogen) atoms. The molecule has 0 radical (unpaired) electrons. The van der Waals surface area contributed by atoms with Gasteiger partial charge in [0.25, 0.3) is 0 Å². The summed E-state index contributed by atoms with van der Waals surface area (Å²) in [6, 6.07) is 9.54. The topological polar surface area (TPSA) is 73.3 Å². The van der Waals surface area contributed by atoms with Crippen molar-refractivity contribution < 1.29 is 14.3 Å². The molecule has 132 valence electrons. The zero-order chi connectivity index (χ0) is 17.8. The van der Waals surface area contributed by atoms with E-state index in [1.807, 2.05) is 35.7 Å². The van der Waals surface area contributed by atoms with Crippen molar-refractivity contribution >= 4 is 17.2 Å². The van der Waals surface area contributed by atoms with Crippen molar-refractivity contribution in [2.75, 3.05) is 6.79 Å². The number of aromatic nitrogens is 2. The first-order chi connectivity index (χ1) is 12.8. The summed E-state index contributed by atoms with van der Waals surface area (Å²) < 4.78 is 10.6. The summed E-state index contributed by atoms with van der Waals surface area (Å²) in [4.78, 5) is 20.7. The quantitative estimate of drug-likeness (QED) is 0.724. The summed E-state index contributed by atoms with van der Waals surface area (Å²) in [6.07, 6.45) is 4.53. The summed E-state index contributed by atoms with van der Waals surface area (Å²) in [7, 11) is 0. The fraction of sp³-hybridized carbons (Fsp3) is 0.211. The van der Waals surface area contributed by atoms with Crippen LogP contribution in [0.4, 0.5) is 0 Å². The molecule has 1 aliphatic rings. The molecule has 0 spiro atoms. The highest BCUT2D eigenvalue weighted by Crippen LogP contribution is 2.32. The highest BCUT2D eigenvalue weighted by atomic mass is 32.1. The van der Waals surface area contributed by atoms with Gasteiger partial charge in [-0.05, 0) is 36.2 Å². The lowest BCUT2D eigenvalue weighted by Gasteiger charge is -2.06. The fourth-order valence-electron chi connectivity index (χ4n) is 2.63. The molecule has 0 bridgehead atoms. The molecule has 0 fully saturated rings. The Balaban J connectivity index is 1.27. The van der Waals surface area contributed by atoms with Gasteiger partial charge in [0.2, 0.25) is 12.7 Å². The van der Waals surface area contributed by atoms with E-state index in [-0.39, 0.29) is 12.7 Å². The molecule has 7 heteroatoms. The first kappa shape index (κ1) is 16.5. The third-order valence-electron chi connectivity index (χ3n) is 4.01. The third-order valence-corrected chi connectivity index (χ3v) is 4.95. The zero-order valence-electron chi connectivity index (χ0n) is 14.0. The van der Waals surface area contributed by atoms with Gasteiger partial charge in [-0.3, -0.25) is 9.78 Å². The number of aryl methyl sites for hydroxylation is 1. The number of nitrogens with one attached hydrogen (secondary N) is 1. The first-order valence-electron chi connectivity index (χ1n) is 8.28. The number of rotatable bonds is 6. The van der Waals surface area contributed by atoms with Gasteiger partial charge in [0.15, 0.2) is 11.5 Å². The van der Waals surface area contributed by atoms with Gasteiger partial charge in [0, 0.05) is 36.3 Å². The van der Waals surface area contributed by atoms with Gasteiger partial charge in [0.1, 0.15) is 5.01 Å². The van der Waals surface area contributed by atoms with E-state index in [1.165, 1.54) is 0 Å². The van der Waals surface area contributed by atoms with Crippen LogP contribution in [0.2, 0.25) is 0 Å². The Hall–Kier alpha value is -2.93. The van der Waals surface area contributed by atoms with Gasteiger partial charge < -0.3 is 14.8 Å². The van der Waals surface area contributed by atoms with E-state index in [2.05, 4.69) is 15.3 Å². The molecule has 0 saturated carbocycles. The van der Waals surface area contributed by atoms with Gasteiger partial charge >= 0.3 is 0 Å². The fourth-order valence-corrected chi connectivity index (χ4v) is 3.49. The minimum absolute atomic E-state index is 0.00104. The molecule has 0 atom stereocenters. The number of hydrogen-bond donors (Lipinski definition) is 1. The number of ether oxygens (including phenoxy) is 2. The summed E-state index contributed by atoms with van der Waals surface area (Å²) in [5.74, 6) is 1.47. The molecule has 1 N–H and O–H groups in total. The number of pyridine rings is 1. The van der Waals surface area contributed by atoms with Crippen LogP contribution in [-0.2, 0) is 17.8 Å². The van der Waals surface area contributed by atoms with Crippen LogP contribution in [0.1, 0.15) is 17.7 Å². The van der Waals surface area contributed by atoms with Crippen molar-refractivity contribution in [1.82, 2.24) is 15.3 Å². The Morgan fingerprint density at radius 1 is 1.15 bits per heavy atom. The molecule has 2 aromatic heterocycles. The van der Waals surface area contributed by atoms with Crippen molar-refractivity contribution in [3.8, 4) is 22.1 Å². The second kappa shape index (κ2) is 7.53. The Morgan fingerprint density at radius 3 is 2.88 bits per heavy atom. The smallest absolute Gasteiger partial charge is 0.231 e. The summed E-state index contributed by atoms with van der Waals surface area (Å²) in [5.41, 5.74) is 2.96. The lowest BCUT2D eigenvalue weighted by Crippen LogP contribution is -2.23. The van der Waals surface area contributed by atoms with Crippen molar-refractivity contribution in [2.24, 2.45) is 0 Å². The molecule has 0 unspecified atom stereocenters. The first-order valence-corrected chi connectivity index (χ1v) is 9.16. The largest absolute Gasteiger partial charge is 0.454 e. The molecule has 0 aliphatic carbocycles. The van der Waals surface area contributed by atoms with Crippen LogP contribution >= 0.6 is 11.3 Å².